The highest BCUT2D eigenvalue weighted by Crippen LogP contribution is 2.32. The average molecular weight is 265 g/mol. The second-order valence-electron chi connectivity index (χ2n) is 5.36. The van der Waals surface area contributed by atoms with Gasteiger partial charge in [0, 0.05) is 48.1 Å². The molecule has 1 saturated heterocycles. The lowest BCUT2D eigenvalue weighted by Crippen LogP contribution is -2.43. The van der Waals surface area contributed by atoms with Gasteiger partial charge in [0.15, 0.2) is 0 Å². The van der Waals surface area contributed by atoms with Gasteiger partial charge in [-0.2, -0.15) is 11.8 Å². The van der Waals surface area contributed by atoms with Crippen LogP contribution < -0.4 is 10.2 Å². The third-order valence-electron chi connectivity index (χ3n) is 3.09. The number of hydrogen-bond donors (Lipinski definition) is 1. The summed E-state index contributed by atoms with van der Waals surface area (Å²) in [5.41, 5.74) is 1.29. The SMILES string of the molecule is CCCNc1cc(N2CCSC(C)(C)C2)ccn1. The van der Waals surface area contributed by atoms with Crippen LogP contribution in [0.25, 0.3) is 0 Å². The molecule has 1 N–H and O–H groups in total. The van der Waals surface area contributed by atoms with Crippen LogP contribution >= 0.6 is 11.8 Å². The molecular weight excluding hydrogens is 242 g/mol. The summed E-state index contributed by atoms with van der Waals surface area (Å²) in [5.74, 6) is 2.19. The van der Waals surface area contributed by atoms with Crippen molar-refractivity contribution in [1.82, 2.24) is 4.98 Å². The highest BCUT2D eigenvalue weighted by atomic mass is 32.2. The first kappa shape index (κ1) is 13.5. The van der Waals surface area contributed by atoms with Gasteiger partial charge < -0.3 is 10.2 Å². The van der Waals surface area contributed by atoms with Crippen molar-refractivity contribution in [2.75, 3.05) is 35.6 Å². The molecule has 0 aromatic carbocycles. The first-order chi connectivity index (χ1) is 8.61. The lowest BCUT2D eigenvalue weighted by atomic mass is 10.1. The molecule has 100 valence electrons. The van der Waals surface area contributed by atoms with Crippen LogP contribution in [0, 0.1) is 0 Å². The Balaban J connectivity index is 2.07. The Hall–Kier alpha value is -0.900. The minimum absolute atomic E-state index is 0.346. The summed E-state index contributed by atoms with van der Waals surface area (Å²) < 4.78 is 0.346. The third-order valence-corrected chi connectivity index (χ3v) is 4.39. The molecule has 4 heteroatoms. The van der Waals surface area contributed by atoms with Crippen molar-refractivity contribution in [3.8, 4) is 0 Å². The molecule has 0 amide bonds. The van der Waals surface area contributed by atoms with E-state index in [9.17, 15) is 0 Å². The van der Waals surface area contributed by atoms with E-state index >= 15 is 0 Å². The van der Waals surface area contributed by atoms with Gasteiger partial charge in [-0.05, 0) is 26.3 Å². The second-order valence-corrected chi connectivity index (χ2v) is 7.16. The van der Waals surface area contributed by atoms with Gasteiger partial charge in [0.1, 0.15) is 5.82 Å². The van der Waals surface area contributed by atoms with Crippen molar-refractivity contribution in [3.05, 3.63) is 18.3 Å². The minimum Gasteiger partial charge on any atom is -0.370 e. The van der Waals surface area contributed by atoms with Crippen molar-refractivity contribution in [1.29, 1.82) is 0 Å². The summed E-state index contributed by atoms with van der Waals surface area (Å²) in [6, 6.07) is 4.28. The number of hydrogen-bond acceptors (Lipinski definition) is 4. The molecule has 1 aromatic rings. The molecule has 1 aliphatic heterocycles. The summed E-state index contributed by atoms with van der Waals surface area (Å²) >= 11 is 2.06. The van der Waals surface area contributed by atoms with Crippen molar-refractivity contribution in [2.45, 2.75) is 31.9 Å². The molecule has 0 radical (unpaired) electrons. The predicted molar refractivity (Wildman–Crippen MR) is 81.8 cm³/mol. The Morgan fingerprint density at radius 1 is 1.50 bits per heavy atom. The van der Waals surface area contributed by atoms with E-state index in [1.807, 2.05) is 6.20 Å². The van der Waals surface area contributed by atoms with E-state index in [4.69, 9.17) is 0 Å². The zero-order valence-corrected chi connectivity index (χ0v) is 12.4. The fraction of sp³-hybridized carbons (Fsp3) is 0.643. The van der Waals surface area contributed by atoms with Crippen molar-refractivity contribution in [2.24, 2.45) is 0 Å². The molecule has 2 heterocycles. The van der Waals surface area contributed by atoms with Gasteiger partial charge in [-0.3, -0.25) is 0 Å². The average Bonchev–Trinajstić information content (AvgIpc) is 2.35. The Morgan fingerprint density at radius 2 is 2.33 bits per heavy atom. The number of rotatable bonds is 4. The maximum absolute atomic E-state index is 4.37. The van der Waals surface area contributed by atoms with Gasteiger partial charge in [-0.15, -0.1) is 0 Å². The third kappa shape index (κ3) is 3.55. The number of aromatic nitrogens is 1. The largest absolute Gasteiger partial charge is 0.370 e. The highest BCUT2D eigenvalue weighted by Gasteiger charge is 2.27. The quantitative estimate of drug-likeness (QED) is 0.904. The number of nitrogens with one attached hydrogen (secondary N) is 1. The molecule has 0 saturated carbocycles. The van der Waals surface area contributed by atoms with Crippen LogP contribution in [-0.2, 0) is 0 Å². The fourth-order valence-electron chi connectivity index (χ4n) is 2.20. The number of nitrogens with zero attached hydrogens (tertiary/aromatic N) is 2. The fourth-order valence-corrected chi connectivity index (χ4v) is 3.31. The molecule has 0 unspecified atom stereocenters. The smallest absolute Gasteiger partial charge is 0.127 e. The van der Waals surface area contributed by atoms with Crippen LogP contribution in [-0.4, -0.2) is 35.1 Å². The minimum atomic E-state index is 0.346. The van der Waals surface area contributed by atoms with E-state index in [-0.39, 0.29) is 0 Å². The van der Waals surface area contributed by atoms with Crippen LogP contribution in [0.15, 0.2) is 18.3 Å². The summed E-state index contributed by atoms with van der Waals surface area (Å²) in [6.07, 6.45) is 3.03. The zero-order valence-electron chi connectivity index (χ0n) is 11.6. The molecule has 1 aromatic heterocycles. The van der Waals surface area contributed by atoms with E-state index < -0.39 is 0 Å². The Labute approximate surface area is 114 Å². The monoisotopic (exact) mass is 265 g/mol. The summed E-state index contributed by atoms with van der Waals surface area (Å²) in [5, 5.41) is 3.35. The molecule has 0 atom stereocenters. The second kappa shape index (κ2) is 5.83. The topological polar surface area (TPSA) is 28.2 Å². The number of thioether (sulfide) groups is 1. The normalized spacial score (nSPS) is 18.7. The molecule has 2 rings (SSSR count). The van der Waals surface area contributed by atoms with Crippen molar-refractivity contribution in [3.63, 3.8) is 0 Å². The Kier molecular flexibility index (Phi) is 4.38. The van der Waals surface area contributed by atoms with Gasteiger partial charge in [0.05, 0.1) is 0 Å². The van der Waals surface area contributed by atoms with E-state index in [1.165, 1.54) is 11.4 Å². The summed E-state index contributed by atoms with van der Waals surface area (Å²) in [7, 11) is 0. The van der Waals surface area contributed by atoms with Crippen LogP contribution in [0.2, 0.25) is 0 Å². The van der Waals surface area contributed by atoms with E-state index in [0.717, 1.165) is 31.9 Å². The molecule has 1 fully saturated rings. The molecule has 0 spiro atoms. The van der Waals surface area contributed by atoms with E-state index in [1.54, 1.807) is 0 Å². The molecule has 3 nitrogen and oxygen atoms in total. The predicted octanol–water partition coefficient (Wildman–Crippen LogP) is 3.24. The maximum atomic E-state index is 4.37. The highest BCUT2D eigenvalue weighted by molar-refractivity contribution is 8.00. The van der Waals surface area contributed by atoms with Crippen LogP contribution in [0.3, 0.4) is 0 Å². The summed E-state index contributed by atoms with van der Waals surface area (Å²) in [6.45, 7) is 10.0. The Bertz CT molecular complexity index is 392. The summed E-state index contributed by atoms with van der Waals surface area (Å²) in [4.78, 5) is 6.83. The van der Waals surface area contributed by atoms with Crippen LogP contribution in [0.5, 0.6) is 0 Å². The number of pyridine rings is 1. The molecule has 0 aliphatic carbocycles. The van der Waals surface area contributed by atoms with Gasteiger partial charge in [-0.1, -0.05) is 6.92 Å². The molecule has 1 aliphatic rings. The van der Waals surface area contributed by atoms with Crippen LogP contribution in [0.1, 0.15) is 27.2 Å². The first-order valence-electron chi connectivity index (χ1n) is 6.69. The van der Waals surface area contributed by atoms with Gasteiger partial charge in [-0.25, -0.2) is 4.98 Å². The first-order valence-corrected chi connectivity index (χ1v) is 7.68. The van der Waals surface area contributed by atoms with E-state index in [0.29, 0.717) is 4.75 Å². The zero-order chi connectivity index (χ0) is 13.0. The van der Waals surface area contributed by atoms with Gasteiger partial charge in [0.2, 0.25) is 0 Å². The lowest BCUT2D eigenvalue weighted by Gasteiger charge is -2.39. The lowest BCUT2D eigenvalue weighted by molar-refractivity contribution is 0.647. The molecule has 0 bridgehead atoms. The molecule has 18 heavy (non-hydrogen) atoms. The molecular formula is C14H23N3S. The van der Waals surface area contributed by atoms with Crippen molar-refractivity contribution >= 4 is 23.3 Å². The number of anilines is 2. The van der Waals surface area contributed by atoms with Crippen LogP contribution in [0.4, 0.5) is 11.5 Å². The van der Waals surface area contributed by atoms with Crippen molar-refractivity contribution < 1.29 is 0 Å². The standard InChI is InChI=1S/C14H23N3S/c1-4-6-15-13-10-12(5-7-16-13)17-8-9-18-14(2,3)11-17/h5,7,10H,4,6,8-9,11H2,1-3H3,(H,15,16). The van der Waals surface area contributed by atoms with Gasteiger partial charge in [0.25, 0.3) is 0 Å². The van der Waals surface area contributed by atoms with E-state index in [2.05, 4.69) is 59.9 Å². The maximum Gasteiger partial charge on any atom is 0.127 e. The Morgan fingerprint density at radius 3 is 3.06 bits per heavy atom. The van der Waals surface area contributed by atoms with Gasteiger partial charge >= 0.3 is 0 Å².